The van der Waals surface area contributed by atoms with Crippen molar-refractivity contribution < 1.29 is 14.6 Å². The Labute approximate surface area is 105 Å². The third kappa shape index (κ3) is 2.95. The lowest BCUT2D eigenvalue weighted by Gasteiger charge is -2.35. The molecule has 0 atom stereocenters. The number of aliphatic hydroxyl groups is 2. The standard InChI is InChI=1S/C12H18FN3O2/c13-11-7-10(9-18)12(14-8-11)16-3-1-15(2-4-16)5-6-17/h7-8,17-18H,1-6,9H2. The van der Waals surface area contributed by atoms with Crippen LogP contribution in [0.1, 0.15) is 5.56 Å². The first-order valence-electron chi connectivity index (χ1n) is 6.08. The summed E-state index contributed by atoms with van der Waals surface area (Å²) >= 11 is 0. The number of anilines is 1. The van der Waals surface area contributed by atoms with Gasteiger partial charge in [0.05, 0.1) is 19.4 Å². The molecule has 1 aromatic rings. The molecule has 0 saturated carbocycles. The lowest BCUT2D eigenvalue weighted by molar-refractivity contribution is 0.188. The van der Waals surface area contributed by atoms with Crippen LogP contribution in [0, 0.1) is 5.82 Å². The van der Waals surface area contributed by atoms with Crippen molar-refractivity contribution in [3.05, 3.63) is 23.6 Å². The molecule has 6 heteroatoms. The molecule has 1 fully saturated rings. The van der Waals surface area contributed by atoms with Crippen LogP contribution >= 0.6 is 0 Å². The van der Waals surface area contributed by atoms with Gasteiger partial charge in [0.25, 0.3) is 0 Å². The molecule has 18 heavy (non-hydrogen) atoms. The molecule has 2 heterocycles. The summed E-state index contributed by atoms with van der Waals surface area (Å²) in [6.45, 7) is 3.84. The number of halogens is 1. The van der Waals surface area contributed by atoms with Crippen LogP contribution in [-0.4, -0.2) is 59.4 Å². The van der Waals surface area contributed by atoms with Crippen LogP contribution in [0.5, 0.6) is 0 Å². The molecule has 5 nitrogen and oxygen atoms in total. The number of rotatable bonds is 4. The zero-order valence-corrected chi connectivity index (χ0v) is 10.2. The highest BCUT2D eigenvalue weighted by Crippen LogP contribution is 2.20. The Morgan fingerprint density at radius 2 is 1.94 bits per heavy atom. The minimum absolute atomic E-state index is 0.163. The van der Waals surface area contributed by atoms with Gasteiger partial charge in [-0.2, -0.15) is 0 Å². The summed E-state index contributed by atoms with van der Waals surface area (Å²) in [6, 6.07) is 1.32. The van der Waals surface area contributed by atoms with Gasteiger partial charge in [0.1, 0.15) is 11.6 Å². The fourth-order valence-corrected chi connectivity index (χ4v) is 2.20. The van der Waals surface area contributed by atoms with E-state index in [9.17, 15) is 9.50 Å². The smallest absolute Gasteiger partial charge is 0.142 e. The maximum atomic E-state index is 13.0. The van der Waals surface area contributed by atoms with Gasteiger partial charge in [-0.1, -0.05) is 0 Å². The van der Waals surface area contributed by atoms with Gasteiger partial charge in [-0.05, 0) is 6.07 Å². The summed E-state index contributed by atoms with van der Waals surface area (Å²) in [4.78, 5) is 8.27. The van der Waals surface area contributed by atoms with Crippen molar-refractivity contribution in [3.63, 3.8) is 0 Å². The quantitative estimate of drug-likeness (QED) is 0.782. The number of β-amino-alcohol motifs (C(OH)–C–C–N with tert-alkyl or cyclic N) is 1. The molecule has 0 unspecified atom stereocenters. The van der Waals surface area contributed by atoms with E-state index in [1.54, 1.807) is 0 Å². The molecular formula is C12H18FN3O2. The fourth-order valence-electron chi connectivity index (χ4n) is 2.20. The van der Waals surface area contributed by atoms with Gasteiger partial charge in [-0.15, -0.1) is 0 Å². The molecule has 0 amide bonds. The molecule has 1 aliphatic heterocycles. The van der Waals surface area contributed by atoms with E-state index in [0.717, 1.165) is 26.2 Å². The fraction of sp³-hybridized carbons (Fsp3) is 0.583. The molecule has 0 aromatic carbocycles. The zero-order chi connectivity index (χ0) is 13.0. The summed E-state index contributed by atoms with van der Waals surface area (Å²) in [5.74, 6) is 0.226. The van der Waals surface area contributed by atoms with Crippen LogP contribution in [0.4, 0.5) is 10.2 Å². The van der Waals surface area contributed by atoms with E-state index in [-0.39, 0.29) is 13.2 Å². The molecule has 2 rings (SSSR count). The van der Waals surface area contributed by atoms with Gasteiger partial charge in [-0.3, -0.25) is 4.90 Å². The van der Waals surface area contributed by atoms with Crippen molar-refractivity contribution in [1.82, 2.24) is 9.88 Å². The summed E-state index contributed by atoms with van der Waals surface area (Å²) in [5.41, 5.74) is 0.519. The van der Waals surface area contributed by atoms with Crippen molar-refractivity contribution in [2.75, 3.05) is 44.2 Å². The highest BCUT2D eigenvalue weighted by molar-refractivity contribution is 5.47. The van der Waals surface area contributed by atoms with Crippen molar-refractivity contribution in [1.29, 1.82) is 0 Å². The third-order valence-electron chi connectivity index (χ3n) is 3.17. The molecule has 2 N–H and O–H groups in total. The normalized spacial score (nSPS) is 17.2. The van der Waals surface area contributed by atoms with Gasteiger partial charge in [0.15, 0.2) is 0 Å². The Morgan fingerprint density at radius 1 is 1.22 bits per heavy atom. The second kappa shape index (κ2) is 6.08. The van der Waals surface area contributed by atoms with E-state index in [0.29, 0.717) is 17.9 Å². The Morgan fingerprint density at radius 3 is 2.56 bits per heavy atom. The molecule has 0 spiro atoms. The molecule has 0 radical (unpaired) electrons. The molecule has 1 saturated heterocycles. The van der Waals surface area contributed by atoms with Gasteiger partial charge >= 0.3 is 0 Å². The predicted molar refractivity (Wildman–Crippen MR) is 65.9 cm³/mol. The number of hydrogen-bond acceptors (Lipinski definition) is 5. The summed E-state index contributed by atoms with van der Waals surface area (Å²) < 4.78 is 13.0. The second-order valence-electron chi connectivity index (χ2n) is 4.35. The Bertz CT molecular complexity index is 395. The van der Waals surface area contributed by atoms with Crippen LogP contribution in [-0.2, 0) is 6.61 Å². The number of piperazine rings is 1. The summed E-state index contributed by atoms with van der Waals surface area (Å²) in [7, 11) is 0. The number of aromatic nitrogens is 1. The van der Waals surface area contributed by atoms with E-state index in [4.69, 9.17) is 5.11 Å². The van der Waals surface area contributed by atoms with Crippen LogP contribution in [0.15, 0.2) is 12.3 Å². The number of nitrogens with zero attached hydrogens (tertiary/aromatic N) is 3. The summed E-state index contributed by atoms with van der Waals surface area (Å²) in [5, 5.41) is 18.1. The highest BCUT2D eigenvalue weighted by atomic mass is 19.1. The minimum Gasteiger partial charge on any atom is -0.395 e. The van der Waals surface area contributed by atoms with Crippen molar-refractivity contribution in [2.45, 2.75) is 6.61 Å². The molecule has 1 aromatic heterocycles. The van der Waals surface area contributed by atoms with Crippen LogP contribution in [0.3, 0.4) is 0 Å². The monoisotopic (exact) mass is 255 g/mol. The second-order valence-corrected chi connectivity index (χ2v) is 4.35. The van der Waals surface area contributed by atoms with Crippen LogP contribution in [0.25, 0.3) is 0 Å². The van der Waals surface area contributed by atoms with Crippen LogP contribution < -0.4 is 4.90 Å². The molecule has 0 aliphatic carbocycles. The SMILES string of the molecule is OCCN1CCN(c2ncc(F)cc2CO)CC1. The first-order valence-corrected chi connectivity index (χ1v) is 6.08. The van der Waals surface area contributed by atoms with E-state index in [1.165, 1.54) is 12.3 Å². The van der Waals surface area contributed by atoms with Crippen molar-refractivity contribution >= 4 is 5.82 Å². The molecular weight excluding hydrogens is 237 g/mol. The maximum Gasteiger partial charge on any atom is 0.142 e. The number of hydrogen-bond donors (Lipinski definition) is 2. The average Bonchev–Trinajstić information content (AvgIpc) is 2.40. The minimum atomic E-state index is -0.429. The zero-order valence-electron chi connectivity index (χ0n) is 10.2. The van der Waals surface area contributed by atoms with Crippen LogP contribution in [0.2, 0.25) is 0 Å². The molecule has 1 aliphatic rings. The number of aliphatic hydroxyl groups excluding tert-OH is 2. The first-order chi connectivity index (χ1) is 8.74. The van der Waals surface area contributed by atoms with Gasteiger partial charge in [0.2, 0.25) is 0 Å². The van der Waals surface area contributed by atoms with Gasteiger partial charge in [0, 0.05) is 38.3 Å². The topological polar surface area (TPSA) is 59.8 Å². The van der Waals surface area contributed by atoms with Crippen molar-refractivity contribution in [2.24, 2.45) is 0 Å². The van der Waals surface area contributed by atoms with E-state index < -0.39 is 5.82 Å². The number of pyridine rings is 1. The van der Waals surface area contributed by atoms with Gasteiger partial charge in [-0.25, -0.2) is 9.37 Å². The predicted octanol–water partition coefficient (Wildman–Crippen LogP) is -0.173. The first kappa shape index (κ1) is 13.2. The van der Waals surface area contributed by atoms with E-state index >= 15 is 0 Å². The average molecular weight is 255 g/mol. The van der Waals surface area contributed by atoms with E-state index in [2.05, 4.69) is 9.88 Å². The maximum absolute atomic E-state index is 13.0. The van der Waals surface area contributed by atoms with Crippen molar-refractivity contribution in [3.8, 4) is 0 Å². The molecule has 100 valence electrons. The van der Waals surface area contributed by atoms with E-state index in [1.807, 2.05) is 4.90 Å². The Hall–Kier alpha value is -1.24. The summed E-state index contributed by atoms with van der Waals surface area (Å²) in [6.07, 6.45) is 1.18. The largest absolute Gasteiger partial charge is 0.395 e. The third-order valence-corrected chi connectivity index (χ3v) is 3.17. The Balaban J connectivity index is 2.05. The van der Waals surface area contributed by atoms with Gasteiger partial charge < -0.3 is 15.1 Å². The Kier molecular flexibility index (Phi) is 4.46. The lowest BCUT2D eigenvalue weighted by Crippen LogP contribution is -2.47. The highest BCUT2D eigenvalue weighted by Gasteiger charge is 2.19. The molecule has 0 bridgehead atoms. The lowest BCUT2D eigenvalue weighted by atomic mass is 10.2.